The van der Waals surface area contributed by atoms with Gasteiger partial charge in [0, 0.05) is 5.69 Å². The van der Waals surface area contributed by atoms with E-state index in [0.717, 1.165) is 25.5 Å². The lowest BCUT2D eigenvalue weighted by Gasteiger charge is -2.26. The quantitative estimate of drug-likeness (QED) is 0.834. The van der Waals surface area contributed by atoms with Crippen LogP contribution in [0.5, 0.6) is 0 Å². The molecule has 0 spiro atoms. The summed E-state index contributed by atoms with van der Waals surface area (Å²) in [6.45, 7) is 2.75. The minimum atomic E-state index is -0.771. The lowest BCUT2D eigenvalue weighted by atomic mass is 9.93. The number of anilines is 1. The third kappa shape index (κ3) is 3.05. The Morgan fingerprint density at radius 2 is 2.24 bits per heavy atom. The van der Waals surface area contributed by atoms with Gasteiger partial charge in [-0.3, -0.25) is 4.79 Å². The topological polar surface area (TPSA) is 67.4 Å². The van der Waals surface area contributed by atoms with Gasteiger partial charge in [0.2, 0.25) is 5.91 Å². The van der Waals surface area contributed by atoms with Crippen LogP contribution < -0.4 is 10.6 Å². The molecule has 0 saturated carbocycles. The molecule has 114 valence electrons. The number of nitrogens with one attached hydrogen (secondary N) is 2. The van der Waals surface area contributed by atoms with Crippen LogP contribution >= 0.6 is 0 Å². The summed E-state index contributed by atoms with van der Waals surface area (Å²) in [4.78, 5) is 23.9. The number of benzene rings is 1. The number of carbonyl (C=O) groups excluding carboxylic acids is 2. The number of ether oxygens (including phenoxy) is 1. The fourth-order valence-electron chi connectivity index (χ4n) is 2.58. The van der Waals surface area contributed by atoms with Gasteiger partial charge in [-0.1, -0.05) is 6.92 Å². The second kappa shape index (κ2) is 6.22. The molecule has 1 unspecified atom stereocenters. The Labute approximate surface area is 122 Å². The van der Waals surface area contributed by atoms with E-state index >= 15 is 0 Å². The standard InChI is InChI=1S/C15H19FN2O3/c1-3-15(7-4-8-17-15)14(20)18-10-5-6-12(16)11(9-10)13(19)21-2/h5-6,9,17H,3-4,7-8H2,1-2H3,(H,18,20). The first-order chi connectivity index (χ1) is 10.0. The zero-order valence-electron chi connectivity index (χ0n) is 12.2. The smallest absolute Gasteiger partial charge is 0.340 e. The fourth-order valence-corrected chi connectivity index (χ4v) is 2.58. The number of halogens is 1. The lowest BCUT2D eigenvalue weighted by Crippen LogP contribution is -2.50. The first-order valence-electron chi connectivity index (χ1n) is 6.97. The first kappa shape index (κ1) is 15.4. The number of esters is 1. The Kier molecular flexibility index (Phi) is 4.57. The second-order valence-corrected chi connectivity index (χ2v) is 5.11. The summed E-state index contributed by atoms with van der Waals surface area (Å²) in [7, 11) is 1.18. The van der Waals surface area contributed by atoms with Gasteiger partial charge < -0.3 is 15.4 Å². The number of hydrogen-bond acceptors (Lipinski definition) is 4. The van der Waals surface area contributed by atoms with Gasteiger partial charge >= 0.3 is 5.97 Å². The van der Waals surface area contributed by atoms with Gasteiger partial charge in [0.1, 0.15) is 5.82 Å². The van der Waals surface area contributed by atoms with Crippen molar-refractivity contribution in [3.8, 4) is 0 Å². The molecule has 1 fully saturated rings. The van der Waals surface area contributed by atoms with Gasteiger partial charge in [-0.2, -0.15) is 0 Å². The number of rotatable bonds is 4. The third-order valence-electron chi connectivity index (χ3n) is 3.91. The van der Waals surface area contributed by atoms with E-state index < -0.39 is 17.3 Å². The summed E-state index contributed by atoms with van der Waals surface area (Å²) in [6.07, 6.45) is 2.38. The molecule has 5 nitrogen and oxygen atoms in total. The predicted molar refractivity (Wildman–Crippen MR) is 76.6 cm³/mol. The Morgan fingerprint density at radius 1 is 1.48 bits per heavy atom. The molecule has 0 aromatic heterocycles. The number of methoxy groups -OCH3 is 1. The molecule has 1 aromatic carbocycles. The largest absolute Gasteiger partial charge is 0.465 e. The maximum atomic E-state index is 13.6. The van der Waals surface area contributed by atoms with Crippen molar-refractivity contribution >= 4 is 17.6 Å². The second-order valence-electron chi connectivity index (χ2n) is 5.11. The van der Waals surface area contributed by atoms with Crippen LogP contribution in [0.4, 0.5) is 10.1 Å². The highest BCUT2D eigenvalue weighted by atomic mass is 19.1. The SMILES string of the molecule is CCC1(C(=O)Nc2ccc(F)c(C(=O)OC)c2)CCCN1. The molecule has 0 bridgehead atoms. The van der Waals surface area contributed by atoms with Crippen LogP contribution in [0, 0.1) is 5.82 Å². The molecular weight excluding hydrogens is 275 g/mol. The van der Waals surface area contributed by atoms with Crippen molar-refractivity contribution in [1.82, 2.24) is 5.32 Å². The molecule has 1 aliphatic heterocycles. The van der Waals surface area contributed by atoms with Gasteiger partial charge in [-0.25, -0.2) is 9.18 Å². The van der Waals surface area contributed by atoms with Crippen molar-refractivity contribution in [2.75, 3.05) is 19.0 Å². The number of amides is 1. The first-order valence-corrected chi connectivity index (χ1v) is 6.97. The summed E-state index contributed by atoms with van der Waals surface area (Å²) >= 11 is 0. The van der Waals surface area contributed by atoms with Crippen LogP contribution in [0.3, 0.4) is 0 Å². The van der Waals surface area contributed by atoms with Crippen LogP contribution in [-0.2, 0) is 9.53 Å². The highest BCUT2D eigenvalue weighted by Gasteiger charge is 2.39. The summed E-state index contributed by atoms with van der Waals surface area (Å²) in [5, 5.41) is 5.97. The molecule has 1 aromatic rings. The van der Waals surface area contributed by atoms with Crippen LogP contribution in [-0.4, -0.2) is 31.1 Å². The van der Waals surface area contributed by atoms with E-state index in [9.17, 15) is 14.0 Å². The Hall–Kier alpha value is -1.95. The van der Waals surface area contributed by atoms with E-state index in [2.05, 4.69) is 15.4 Å². The monoisotopic (exact) mass is 294 g/mol. The average Bonchev–Trinajstić information content (AvgIpc) is 2.98. The van der Waals surface area contributed by atoms with Gasteiger partial charge in [-0.05, 0) is 44.0 Å². The van der Waals surface area contributed by atoms with Crippen molar-refractivity contribution in [3.63, 3.8) is 0 Å². The normalized spacial score (nSPS) is 21.1. The highest BCUT2D eigenvalue weighted by Crippen LogP contribution is 2.25. The zero-order chi connectivity index (χ0) is 15.5. The van der Waals surface area contributed by atoms with Crippen LogP contribution in [0.25, 0.3) is 0 Å². The van der Waals surface area contributed by atoms with Gasteiger partial charge in [-0.15, -0.1) is 0 Å². The molecule has 0 radical (unpaired) electrons. The summed E-state index contributed by atoms with van der Waals surface area (Å²) in [5.41, 5.74) is -0.400. The van der Waals surface area contributed by atoms with Gasteiger partial charge in [0.25, 0.3) is 0 Å². The zero-order valence-corrected chi connectivity index (χ0v) is 12.2. The van der Waals surface area contributed by atoms with Crippen molar-refractivity contribution in [1.29, 1.82) is 0 Å². The molecule has 1 amide bonds. The maximum absolute atomic E-state index is 13.6. The highest BCUT2D eigenvalue weighted by molar-refractivity contribution is 5.99. The minimum absolute atomic E-state index is 0.162. The third-order valence-corrected chi connectivity index (χ3v) is 3.91. The van der Waals surface area contributed by atoms with Gasteiger partial charge in [0.15, 0.2) is 0 Å². The molecule has 2 rings (SSSR count). The van der Waals surface area contributed by atoms with Crippen molar-refractivity contribution < 1.29 is 18.7 Å². The molecule has 1 aliphatic rings. The van der Waals surface area contributed by atoms with E-state index in [4.69, 9.17) is 0 Å². The molecule has 1 saturated heterocycles. The molecule has 6 heteroatoms. The molecule has 0 aliphatic carbocycles. The van der Waals surface area contributed by atoms with E-state index in [1.54, 1.807) is 0 Å². The Morgan fingerprint density at radius 3 is 2.81 bits per heavy atom. The number of carbonyl (C=O) groups is 2. The molecular formula is C15H19FN2O3. The van der Waals surface area contributed by atoms with Crippen molar-refractivity contribution in [2.24, 2.45) is 0 Å². The van der Waals surface area contributed by atoms with Gasteiger partial charge in [0.05, 0.1) is 18.2 Å². The predicted octanol–water partition coefficient (Wildman–Crippen LogP) is 2.08. The molecule has 21 heavy (non-hydrogen) atoms. The van der Waals surface area contributed by atoms with Crippen molar-refractivity contribution in [2.45, 2.75) is 31.7 Å². The van der Waals surface area contributed by atoms with E-state index in [0.29, 0.717) is 12.1 Å². The molecule has 2 N–H and O–H groups in total. The van der Waals surface area contributed by atoms with Crippen LogP contribution in [0.15, 0.2) is 18.2 Å². The Balaban J connectivity index is 2.20. The fraction of sp³-hybridized carbons (Fsp3) is 0.467. The van der Waals surface area contributed by atoms with E-state index in [-0.39, 0.29) is 11.5 Å². The van der Waals surface area contributed by atoms with Crippen LogP contribution in [0.1, 0.15) is 36.5 Å². The average molecular weight is 294 g/mol. The van der Waals surface area contributed by atoms with Crippen molar-refractivity contribution in [3.05, 3.63) is 29.6 Å². The lowest BCUT2D eigenvalue weighted by molar-refractivity contribution is -0.122. The molecule has 1 heterocycles. The van der Waals surface area contributed by atoms with Crippen LogP contribution in [0.2, 0.25) is 0 Å². The minimum Gasteiger partial charge on any atom is -0.465 e. The maximum Gasteiger partial charge on any atom is 0.340 e. The summed E-state index contributed by atoms with van der Waals surface area (Å²) in [5.74, 6) is -1.61. The van der Waals surface area contributed by atoms with E-state index in [1.165, 1.54) is 19.2 Å². The molecule has 1 atom stereocenters. The Bertz CT molecular complexity index is 554. The van der Waals surface area contributed by atoms with E-state index in [1.807, 2.05) is 6.92 Å². The summed E-state index contributed by atoms with van der Waals surface area (Å²) in [6, 6.07) is 3.86. The number of hydrogen-bond donors (Lipinski definition) is 2. The summed E-state index contributed by atoms with van der Waals surface area (Å²) < 4.78 is 18.1.